The maximum Gasteiger partial charge on any atom is 0.339 e. The van der Waals surface area contributed by atoms with Crippen LogP contribution in [0.3, 0.4) is 0 Å². The predicted molar refractivity (Wildman–Crippen MR) is 90.4 cm³/mol. The number of anilines is 1. The Bertz CT molecular complexity index is 885. The van der Waals surface area contributed by atoms with E-state index in [1.807, 2.05) is 0 Å². The standard InChI is InChI=1S/C18H18N2O6/c1-4-25-16(22)13-14(19)20-11-8-6-5-7-10(11)18(13)12(15(21)24-3)9(2)26-17(18)23/h5-8,20H,4,19H2,1-3H3/t18-/m1/s1. The minimum Gasteiger partial charge on any atom is -0.466 e. The van der Waals surface area contributed by atoms with Crippen LogP contribution < -0.4 is 11.1 Å². The molecule has 0 unspecified atom stereocenters. The van der Waals surface area contributed by atoms with E-state index in [1.165, 1.54) is 14.0 Å². The smallest absolute Gasteiger partial charge is 0.339 e. The molecule has 0 aromatic heterocycles. The number of nitrogens with one attached hydrogen (secondary N) is 1. The average molecular weight is 358 g/mol. The number of nitrogens with two attached hydrogens (primary N) is 1. The van der Waals surface area contributed by atoms with Gasteiger partial charge in [0.25, 0.3) is 0 Å². The number of carbonyl (C=O) groups is 3. The van der Waals surface area contributed by atoms with Gasteiger partial charge in [0.15, 0.2) is 5.41 Å². The summed E-state index contributed by atoms with van der Waals surface area (Å²) < 4.78 is 15.2. The van der Waals surface area contributed by atoms with Crippen LogP contribution in [0.15, 0.2) is 47.0 Å². The third-order valence-corrected chi connectivity index (χ3v) is 4.39. The van der Waals surface area contributed by atoms with Crippen LogP contribution in [-0.2, 0) is 34.0 Å². The fraction of sp³-hybridized carbons (Fsp3) is 0.278. The maximum absolute atomic E-state index is 13.0. The molecule has 2 aliphatic rings. The van der Waals surface area contributed by atoms with Crippen LogP contribution in [0.2, 0.25) is 0 Å². The molecular formula is C18H18N2O6. The SMILES string of the molecule is CCOC(=O)C1=C(N)Nc2ccccc2[C@]12C(=O)OC(C)=C2C(=O)OC. The maximum atomic E-state index is 13.0. The highest BCUT2D eigenvalue weighted by atomic mass is 16.6. The number of methoxy groups -OCH3 is 1. The Morgan fingerprint density at radius 3 is 2.58 bits per heavy atom. The number of fused-ring (bicyclic) bond motifs is 2. The first-order valence-corrected chi connectivity index (χ1v) is 7.95. The van der Waals surface area contributed by atoms with Gasteiger partial charge in [-0.1, -0.05) is 18.2 Å². The highest BCUT2D eigenvalue weighted by Gasteiger charge is 2.62. The lowest BCUT2D eigenvalue weighted by atomic mass is 9.67. The first kappa shape index (κ1) is 17.5. The molecule has 0 radical (unpaired) electrons. The highest BCUT2D eigenvalue weighted by molar-refractivity contribution is 6.15. The van der Waals surface area contributed by atoms with Gasteiger partial charge < -0.3 is 25.3 Å². The van der Waals surface area contributed by atoms with Crippen molar-refractivity contribution < 1.29 is 28.6 Å². The van der Waals surface area contributed by atoms with Crippen molar-refractivity contribution in [2.45, 2.75) is 19.3 Å². The van der Waals surface area contributed by atoms with Crippen molar-refractivity contribution in [2.75, 3.05) is 19.0 Å². The number of rotatable bonds is 3. The van der Waals surface area contributed by atoms with Crippen LogP contribution in [-0.4, -0.2) is 31.6 Å². The summed E-state index contributed by atoms with van der Waals surface area (Å²) in [6, 6.07) is 6.72. The van der Waals surface area contributed by atoms with Gasteiger partial charge in [-0.15, -0.1) is 0 Å². The van der Waals surface area contributed by atoms with Crippen LogP contribution in [0.1, 0.15) is 19.4 Å². The Kier molecular flexibility index (Phi) is 4.19. The van der Waals surface area contributed by atoms with Crippen molar-refractivity contribution >= 4 is 23.6 Å². The lowest BCUT2D eigenvalue weighted by Crippen LogP contribution is -2.47. The van der Waals surface area contributed by atoms with Crippen molar-refractivity contribution in [3.05, 3.63) is 52.6 Å². The topological polar surface area (TPSA) is 117 Å². The van der Waals surface area contributed by atoms with E-state index in [1.54, 1.807) is 31.2 Å². The summed E-state index contributed by atoms with van der Waals surface area (Å²) in [5.41, 5.74) is 4.78. The van der Waals surface area contributed by atoms with Gasteiger partial charge >= 0.3 is 17.9 Å². The van der Waals surface area contributed by atoms with Gasteiger partial charge in [-0.25, -0.2) is 14.4 Å². The summed E-state index contributed by atoms with van der Waals surface area (Å²) in [6.45, 7) is 3.15. The first-order valence-electron chi connectivity index (χ1n) is 7.95. The van der Waals surface area contributed by atoms with E-state index in [9.17, 15) is 14.4 Å². The molecule has 136 valence electrons. The number of benzene rings is 1. The molecule has 8 nitrogen and oxygen atoms in total. The molecule has 0 saturated heterocycles. The molecule has 3 N–H and O–H groups in total. The summed E-state index contributed by atoms with van der Waals surface area (Å²) in [7, 11) is 1.18. The molecule has 0 aliphatic carbocycles. The molecule has 1 aromatic rings. The number of hydrogen-bond donors (Lipinski definition) is 2. The number of esters is 3. The summed E-state index contributed by atoms with van der Waals surface area (Å²) in [5, 5.41) is 2.89. The molecule has 3 rings (SSSR count). The minimum absolute atomic E-state index is 0.0492. The van der Waals surface area contributed by atoms with Crippen molar-refractivity contribution in [1.29, 1.82) is 0 Å². The van der Waals surface area contributed by atoms with Crippen LogP contribution in [0.5, 0.6) is 0 Å². The van der Waals surface area contributed by atoms with E-state index in [-0.39, 0.29) is 29.3 Å². The van der Waals surface area contributed by atoms with Gasteiger partial charge in [0.05, 0.1) is 13.7 Å². The Morgan fingerprint density at radius 1 is 1.23 bits per heavy atom. The third-order valence-electron chi connectivity index (χ3n) is 4.39. The minimum atomic E-state index is -1.85. The number of carbonyl (C=O) groups excluding carboxylic acids is 3. The van der Waals surface area contributed by atoms with Crippen molar-refractivity contribution in [1.82, 2.24) is 0 Å². The van der Waals surface area contributed by atoms with Gasteiger partial charge in [0.1, 0.15) is 22.7 Å². The second-order valence-electron chi connectivity index (χ2n) is 5.74. The molecule has 1 aromatic carbocycles. The Hall–Kier alpha value is -3.29. The quantitative estimate of drug-likeness (QED) is 0.609. The lowest BCUT2D eigenvalue weighted by Gasteiger charge is -2.35. The molecule has 2 heterocycles. The largest absolute Gasteiger partial charge is 0.466 e. The lowest BCUT2D eigenvalue weighted by molar-refractivity contribution is -0.146. The Morgan fingerprint density at radius 2 is 1.92 bits per heavy atom. The molecule has 0 saturated carbocycles. The number of para-hydroxylation sites is 1. The zero-order valence-corrected chi connectivity index (χ0v) is 14.5. The fourth-order valence-corrected chi connectivity index (χ4v) is 3.43. The Labute approximate surface area is 149 Å². The van der Waals surface area contributed by atoms with Gasteiger partial charge in [-0.2, -0.15) is 0 Å². The molecule has 0 fully saturated rings. The van der Waals surface area contributed by atoms with Crippen molar-refractivity contribution in [3.8, 4) is 0 Å². The van der Waals surface area contributed by atoms with E-state index < -0.39 is 23.3 Å². The fourth-order valence-electron chi connectivity index (χ4n) is 3.43. The molecule has 1 spiro atoms. The molecule has 0 bridgehead atoms. The zero-order chi connectivity index (χ0) is 19.1. The van der Waals surface area contributed by atoms with E-state index in [2.05, 4.69) is 5.32 Å². The predicted octanol–water partition coefficient (Wildman–Crippen LogP) is 1.09. The number of cyclic esters (lactones) is 1. The number of ether oxygens (including phenoxy) is 3. The van der Waals surface area contributed by atoms with Gasteiger partial charge in [0, 0.05) is 11.3 Å². The van der Waals surface area contributed by atoms with Crippen molar-refractivity contribution in [3.63, 3.8) is 0 Å². The van der Waals surface area contributed by atoms with E-state index >= 15 is 0 Å². The summed E-state index contributed by atoms with van der Waals surface area (Å²) in [4.78, 5) is 38.3. The normalized spacial score (nSPS) is 21.3. The van der Waals surface area contributed by atoms with Gasteiger partial charge in [-0.3, -0.25) is 0 Å². The second kappa shape index (κ2) is 6.21. The van der Waals surface area contributed by atoms with Crippen molar-refractivity contribution in [2.24, 2.45) is 5.73 Å². The molecule has 0 amide bonds. The van der Waals surface area contributed by atoms with Crippen LogP contribution in [0.25, 0.3) is 0 Å². The molecule has 26 heavy (non-hydrogen) atoms. The number of hydrogen-bond acceptors (Lipinski definition) is 8. The number of allylic oxidation sites excluding steroid dienone is 1. The Balaban J connectivity index is 2.41. The van der Waals surface area contributed by atoms with E-state index in [0.717, 1.165) is 0 Å². The van der Waals surface area contributed by atoms with Gasteiger partial charge in [0.2, 0.25) is 0 Å². The summed E-state index contributed by atoms with van der Waals surface area (Å²) in [5.74, 6) is -2.46. The van der Waals surface area contributed by atoms with Crippen LogP contribution >= 0.6 is 0 Å². The molecule has 2 aliphatic heterocycles. The third kappa shape index (κ3) is 2.18. The van der Waals surface area contributed by atoms with Crippen LogP contribution in [0.4, 0.5) is 5.69 Å². The average Bonchev–Trinajstić information content (AvgIpc) is 2.85. The van der Waals surface area contributed by atoms with E-state index in [4.69, 9.17) is 19.9 Å². The molecule has 8 heteroatoms. The van der Waals surface area contributed by atoms with Gasteiger partial charge in [-0.05, 0) is 19.9 Å². The first-order chi connectivity index (χ1) is 12.4. The summed E-state index contributed by atoms with van der Waals surface area (Å²) >= 11 is 0. The summed E-state index contributed by atoms with van der Waals surface area (Å²) in [6.07, 6.45) is 0. The van der Waals surface area contributed by atoms with E-state index in [0.29, 0.717) is 11.3 Å². The second-order valence-corrected chi connectivity index (χ2v) is 5.74. The monoisotopic (exact) mass is 358 g/mol. The molecular weight excluding hydrogens is 340 g/mol. The van der Waals surface area contributed by atoms with Crippen LogP contribution in [0, 0.1) is 0 Å². The highest BCUT2D eigenvalue weighted by Crippen LogP contribution is 2.52. The zero-order valence-electron chi connectivity index (χ0n) is 14.5. The molecule has 1 atom stereocenters.